The number of hydrogen-bond donors (Lipinski definition) is 1. The Labute approximate surface area is 114 Å². The van der Waals surface area contributed by atoms with Gasteiger partial charge in [-0.1, -0.05) is 26.7 Å². The number of rotatable bonds is 5. The van der Waals surface area contributed by atoms with Crippen molar-refractivity contribution in [3.63, 3.8) is 0 Å². The number of aromatic nitrogens is 3. The smallest absolute Gasteiger partial charge is 0.160 e. The first-order valence-corrected chi connectivity index (χ1v) is 7.24. The lowest BCUT2D eigenvalue weighted by Gasteiger charge is -2.35. The van der Waals surface area contributed by atoms with Gasteiger partial charge in [-0.3, -0.25) is 4.79 Å². The highest BCUT2D eigenvalue weighted by Gasteiger charge is 2.37. The highest BCUT2D eigenvalue weighted by Crippen LogP contribution is 2.31. The van der Waals surface area contributed by atoms with Crippen LogP contribution in [0.1, 0.15) is 51.8 Å². The van der Waals surface area contributed by atoms with Crippen LogP contribution in [0.3, 0.4) is 0 Å². The number of nitrogens with zero attached hydrogens (tertiary/aromatic N) is 3. The molecule has 2 rings (SSSR count). The summed E-state index contributed by atoms with van der Waals surface area (Å²) in [6.07, 6.45) is 6.64. The quantitative estimate of drug-likeness (QED) is 0.878. The van der Waals surface area contributed by atoms with E-state index in [0.29, 0.717) is 12.3 Å². The molecule has 2 unspecified atom stereocenters. The highest BCUT2D eigenvalue weighted by atomic mass is 16.1. The van der Waals surface area contributed by atoms with E-state index in [1.165, 1.54) is 12.7 Å². The number of ketones is 1. The molecule has 5 heteroatoms. The molecule has 19 heavy (non-hydrogen) atoms. The second-order valence-electron chi connectivity index (χ2n) is 5.86. The van der Waals surface area contributed by atoms with Crippen LogP contribution in [-0.4, -0.2) is 26.1 Å². The zero-order chi connectivity index (χ0) is 13.9. The summed E-state index contributed by atoms with van der Waals surface area (Å²) in [6.45, 7) is 5.06. The van der Waals surface area contributed by atoms with Gasteiger partial charge < -0.3 is 5.73 Å². The lowest BCUT2D eigenvalue weighted by atomic mass is 9.74. The minimum absolute atomic E-state index is 0.115. The van der Waals surface area contributed by atoms with E-state index in [1.807, 2.05) is 4.68 Å². The van der Waals surface area contributed by atoms with Gasteiger partial charge >= 0.3 is 0 Å². The van der Waals surface area contributed by atoms with Crippen LogP contribution in [0.2, 0.25) is 0 Å². The number of Topliss-reactive ketones (excluding diaryl/α,β-unsaturated/α-hetero) is 1. The number of carbonyl (C=O) groups excluding carboxylic acids is 1. The Hall–Kier alpha value is -1.23. The summed E-state index contributed by atoms with van der Waals surface area (Å²) in [6, 6.07) is 0. The molecular weight excluding hydrogens is 240 g/mol. The minimum atomic E-state index is -0.652. The van der Waals surface area contributed by atoms with Gasteiger partial charge in [0.15, 0.2) is 5.78 Å². The van der Waals surface area contributed by atoms with Crippen molar-refractivity contribution in [1.29, 1.82) is 0 Å². The fourth-order valence-electron chi connectivity index (χ4n) is 2.99. The van der Waals surface area contributed by atoms with E-state index in [2.05, 4.69) is 23.9 Å². The Balaban J connectivity index is 2.05. The van der Waals surface area contributed by atoms with Gasteiger partial charge in [-0.2, -0.15) is 5.10 Å². The average molecular weight is 264 g/mol. The summed E-state index contributed by atoms with van der Waals surface area (Å²) >= 11 is 0. The SMILES string of the molecule is CCCn1ncnc1CC(=O)C1(N)CCCC(C)C1. The van der Waals surface area contributed by atoms with Gasteiger partial charge in [-0.15, -0.1) is 0 Å². The third-order valence-electron chi connectivity index (χ3n) is 4.04. The molecule has 0 spiro atoms. The second-order valence-corrected chi connectivity index (χ2v) is 5.86. The van der Waals surface area contributed by atoms with Crippen LogP contribution < -0.4 is 5.73 Å². The molecule has 106 valence electrons. The molecule has 5 nitrogen and oxygen atoms in total. The molecule has 2 atom stereocenters. The van der Waals surface area contributed by atoms with Crippen molar-refractivity contribution in [2.24, 2.45) is 11.7 Å². The zero-order valence-corrected chi connectivity index (χ0v) is 11.9. The van der Waals surface area contributed by atoms with E-state index in [9.17, 15) is 4.79 Å². The molecule has 0 bridgehead atoms. The Bertz CT molecular complexity index is 442. The van der Waals surface area contributed by atoms with Crippen molar-refractivity contribution in [3.05, 3.63) is 12.2 Å². The van der Waals surface area contributed by atoms with Crippen LogP contribution in [0.25, 0.3) is 0 Å². The molecule has 0 radical (unpaired) electrons. The van der Waals surface area contributed by atoms with Crippen molar-refractivity contribution >= 4 is 5.78 Å². The topological polar surface area (TPSA) is 73.8 Å². The normalized spacial score (nSPS) is 27.4. The van der Waals surface area contributed by atoms with Gasteiger partial charge in [-0.25, -0.2) is 9.67 Å². The predicted molar refractivity (Wildman–Crippen MR) is 73.6 cm³/mol. The third kappa shape index (κ3) is 3.21. The summed E-state index contributed by atoms with van der Waals surface area (Å²) in [4.78, 5) is 16.7. The molecule has 1 aromatic heterocycles. The van der Waals surface area contributed by atoms with E-state index < -0.39 is 5.54 Å². The summed E-state index contributed by atoms with van der Waals surface area (Å²) < 4.78 is 1.81. The van der Waals surface area contributed by atoms with Crippen molar-refractivity contribution in [3.8, 4) is 0 Å². The van der Waals surface area contributed by atoms with Gasteiger partial charge in [-0.05, 0) is 25.2 Å². The summed E-state index contributed by atoms with van der Waals surface area (Å²) in [5, 5.41) is 4.15. The van der Waals surface area contributed by atoms with E-state index in [1.54, 1.807) is 0 Å². The molecule has 1 heterocycles. The van der Waals surface area contributed by atoms with Gasteiger partial charge in [0.1, 0.15) is 12.2 Å². The third-order valence-corrected chi connectivity index (χ3v) is 4.04. The molecule has 1 aromatic rings. The second kappa shape index (κ2) is 5.82. The number of nitrogens with two attached hydrogens (primary N) is 1. The van der Waals surface area contributed by atoms with Crippen molar-refractivity contribution in [2.45, 2.75) is 64.5 Å². The molecule has 1 fully saturated rings. The zero-order valence-electron chi connectivity index (χ0n) is 11.9. The minimum Gasteiger partial charge on any atom is -0.319 e. The summed E-state index contributed by atoms with van der Waals surface area (Å²) in [7, 11) is 0. The Morgan fingerprint density at radius 2 is 2.42 bits per heavy atom. The van der Waals surface area contributed by atoms with Gasteiger partial charge in [0.05, 0.1) is 12.0 Å². The van der Waals surface area contributed by atoms with Gasteiger partial charge in [0.2, 0.25) is 0 Å². The Kier molecular flexibility index (Phi) is 4.34. The average Bonchev–Trinajstić information content (AvgIpc) is 2.77. The van der Waals surface area contributed by atoms with Gasteiger partial charge in [0.25, 0.3) is 0 Å². The van der Waals surface area contributed by atoms with Crippen LogP contribution in [0, 0.1) is 5.92 Å². The highest BCUT2D eigenvalue weighted by molar-refractivity contribution is 5.89. The van der Waals surface area contributed by atoms with Crippen molar-refractivity contribution < 1.29 is 4.79 Å². The number of hydrogen-bond acceptors (Lipinski definition) is 4. The number of carbonyl (C=O) groups is 1. The Morgan fingerprint density at radius 3 is 3.11 bits per heavy atom. The molecule has 0 amide bonds. The van der Waals surface area contributed by atoms with Crippen LogP contribution in [0.4, 0.5) is 0 Å². The molecule has 0 aliphatic heterocycles. The number of aryl methyl sites for hydroxylation is 1. The summed E-state index contributed by atoms with van der Waals surface area (Å²) in [5.41, 5.74) is 5.67. The maximum absolute atomic E-state index is 12.5. The van der Waals surface area contributed by atoms with Crippen LogP contribution >= 0.6 is 0 Å². The van der Waals surface area contributed by atoms with Gasteiger partial charge in [0, 0.05) is 6.54 Å². The monoisotopic (exact) mass is 264 g/mol. The lowest BCUT2D eigenvalue weighted by molar-refractivity contribution is -0.125. The Morgan fingerprint density at radius 1 is 1.63 bits per heavy atom. The van der Waals surface area contributed by atoms with Crippen LogP contribution in [0.15, 0.2) is 6.33 Å². The molecule has 0 saturated heterocycles. The van der Waals surface area contributed by atoms with E-state index >= 15 is 0 Å². The first-order chi connectivity index (χ1) is 9.05. The largest absolute Gasteiger partial charge is 0.319 e. The fourth-order valence-corrected chi connectivity index (χ4v) is 2.99. The lowest BCUT2D eigenvalue weighted by Crippen LogP contribution is -2.51. The van der Waals surface area contributed by atoms with E-state index in [0.717, 1.165) is 38.1 Å². The standard InChI is InChI=1S/C14H24N4O/c1-3-7-18-13(16-10-17-18)8-12(19)14(15)6-4-5-11(2)9-14/h10-11H,3-9,15H2,1-2H3. The molecule has 1 saturated carbocycles. The van der Waals surface area contributed by atoms with Crippen LogP contribution in [0.5, 0.6) is 0 Å². The predicted octanol–water partition coefficient (Wildman–Crippen LogP) is 1.71. The van der Waals surface area contributed by atoms with Crippen molar-refractivity contribution in [1.82, 2.24) is 14.8 Å². The first-order valence-electron chi connectivity index (χ1n) is 7.24. The maximum Gasteiger partial charge on any atom is 0.160 e. The first kappa shape index (κ1) is 14.2. The van der Waals surface area contributed by atoms with Crippen LogP contribution in [-0.2, 0) is 17.8 Å². The molecule has 2 N–H and O–H groups in total. The molecular formula is C14H24N4O. The maximum atomic E-state index is 12.5. The van der Waals surface area contributed by atoms with Crippen molar-refractivity contribution in [2.75, 3.05) is 0 Å². The van der Waals surface area contributed by atoms with E-state index in [-0.39, 0.29) is 5.78 Å². The molecule has 1 aliphatic carbocycles. The fraction of sp³-hybridized carbons (Fsp3) is 0.786. The van der Waals surface area contributed by atoms with E-state index in [4.69, 9.17) is 5.73 Å². The summed E-state index contributed by atoms with van der Waals surface area (Å²) in [5.74, 6) is 1.40. The molecule has 1 aliphatic rings. The molecule has 0 aromatic carbocycles.